The van der Waals surface area contributed by atoms with Gasteiger partial charge in [-0.25, -0.2) is 0 Å². The molecule has 0 unspecified atom stereocenters. The molecule has 0 radical (unpaired) electrons. The average Bonchev–Trinajstić information content (AvgIpc) is 3.23. The highest BCUT2D eigenvalue weighted by Gasteiger charge is 2.19. The van der Waals surface area contributed by atoms with Gasteiger partial charge in [0, 0.05) is 19.0 Å². The number of carbonyl (C=O) groups excluding carboxylic acids is 1. The first-order chi connectivity index (χ1) is 11.6. The predicted octanol–water partition coefficient (Wildman–Crippen LogP) is 3.82. The number of halogens is 1. The third-order valence-electron chi connectivity index (χ3n) is 3.49. The molecule has 0 atom stereocenters. The minimum Gasteiger partial charge on any atom is -0.451 e. The Morgan fingerprint density at radius 2 is 1.88 bits per heavy atom. The van der Waals surface area contributed by atoms with Crippen LogP contribution < -0.4 is 0 Å². The second-order valence-electron chi connectivity index (χ2n) is 5.25. The lowest BCUT2D eigenvalue weighted by Gasteiger charge is -2.12. The molecule has 6 nitrogen and oxygen atoms in total. The number of rotatable bonds is 5. The molecule has 0 spiro atoms. The lowest BCUT2D eigenvalue weighted by molar-refractivity contribution is 0.0741. The van der Waals surface area contributed by atoms with Gasteiger partial charge < -0.3 is 13.7 Å². The molecule has 3 rings (SSSR count). The summed E-state index contributed by atoms with van der Waals surface area (Å²) in [5.74, 6) is 1.43. The molecule has 0 aliphatic heterocycles. The topological polar surface area (TPSA) is 72.4 Å². The van der Waals surface area contributed by atoms with Gasteiger partial charge in [-0.05, 0) is 24.3 Å². The third kappa shape index (κ3) is 3.33. The maximum absolute atomic E-state index is 12.5. The Labute approximate surface area is 144 Å². The number of nitrogens with zero attached hydrogens (tertiary/aromatic N) is 3. The van der Waals surface area contributed by atoms with E-state index in [0.29, 0.717) is 29.0 Å². The van der Waals surface area contributed by atoms with E-state index in [-0.39, 0.29) is 18.2 Å². The van der Waals surface area contributed by atoms with Crippen molar-refractivity contribution in [2.24, 2.45) is 0 Å². The normalized spacial score (nSPS) is 10.8. The van der Waals surface area contributed by atoms with Crippen LogP contribution in [0.3, 0.4) is 0 Å². The Morgan fingerprint density at radius 1 is 1.12 bits per heavy atom. The molecule has 2 heterocycles. The largest absolute Gasteiger partial charge is 0.451 e. The molecule has 0 saturated heterocycles. The van der Waals surface area contributed by atoms with Crippen molar-refractivity contribution in [1.29, 1.82) is 0 Å². The van der Waals surface area contributed by atoms with E-state index in [0.717, 1.165) is 5.56 Å². The summed E-state index contributed by atoms with van der Waals surface area (Å²) < 4.78 is 11.1. The molecule has 24 heavy (non-hydrogen) atoms. The number of aromatic nitrogens is 2. The fourth-order valence-electron chi connectivity index (χ4n) is 2.22. The maximum atomic E-state index is 12.5. The average molecular weight is 346 g/mol. The van der Waals surface area contributed by atoms with Crippen LogP contribution >= 0.6 is 11.6 Å². The number of aryl methyl sites for hydroxylation is 1. The van der Waals surface area contributed by atoms with E-state index in [1.54, 1.807) is 25.2 Å². The minimum atomic E-state index is -0.274. The van der Waals surface area contributed by atoms with Crippen molar-refractivity contribution in [3.63, 3.8) is 0 Å². The van der Waals surface area contributed by atoms with Gasteiger partial charge in [-0.3, -0.25) is 4.79 Å². The van der Waals surface area contributed by atoms with Gasteiger partial charge in [0.1, 0.15) is 5.76 Å². The lowest BCUT2D eigenvalue weighted by atomic mass is 10.2. The zero-order chi connectivity index (χ0) is 17.1. The second-order valence-corrected chi connectivity index (χ2v) is 5.66. The van der Waals surface area contributed by atoms with E-state index in [9.17, 15) is 4.79 Å². The highest BCUT2D eigenvalue weighted by molar-refractivity contribution is 6.33. The molecule has 0 N–H and O–H groups in total. The number of hydrogen-bond donors (Lipinski definition) is 0. The summed E-state index contributed by atoms with van der Waals surface area (Å²) in [6.45, 7) is 2.14. The molecule has 0 aliphatic carbocycles. The number of hydrogen-bond acceptors (Lipinski definition) is 5. The van der Waals surface area contributed by atoms with Crippen molar-refractivity contribution >= 4 is 17.5 Å². The number of furan rings is 1. The van der Waals surface area contributed by atoms with Crippen LogP contribution in [0.1, 0.15) is 29.3 Å². The Morgan fingerprint density at radius 3 is 2.58 bits per heavy atom. The Hall–Kier alpha value is -2.60. The quantitative estimate of drug-likeness (QED) is 0.703. The molecule has 0 aliphatic rings. The van der Waals surface area contributed by atoms with Crippen LogP contribution in [-0.4, -0.2) is 28.1 Å². The van der Waals surface area contributed by atoms with E-state index in [1.165, 1.54) is 4.90 Å². The van der Waals surface area contributed by atoms with Gasteiger partial charge in [-0.2, -0.15) is 0 Å². The summed E-state index contributed by atoms with van der Waals surface area (Å²) in [5.41, 5.74) is 0.741. The van der Waals surface area contributed by atoms with E-state index in [4.69, 9.17) is 20.4 Å². The number of carbonyl (C=O) groups is 1. The summed E-state index contributed by atoms with van der Waals surface area (Å²) in [5, 5.41) is 8.36. The van der Waals surface area contributed by atoms with Crippen molar-refractivity contribution in [3.05, 3.63) is 59.0 Å². The van der Waals surface area contributed by atoms with Crippen LogP contribution in [0.25, 0.3) is 11.3 Å². The number of amides is 1. The summed E-state index contributed by atoms with van der Waals surface area (Å²) >= 11 is 6.15. The Balaban J connectivity index is 1.74. The zero-order valence-electron chi connectivity index (χ0n) is 13.3. The molecule has 1 aromatic carbocycles. The van der Waals surface area contributed by atoms with Gasteiger partial charge in [0.15, 0.2) is 5.76 Å². The smallest absolute Gasteiger partial charge is 0.289 e. The fourth-order valence-corrected chi connectivity index (χ4v) is 2.45. The molecule has 0 saturated carbocycles. The van der Waals surface area contributed by atoms with Crippen LogP contribution in [-0.2, 0) is 13.0 Å². The highest BCUT2D eigenvalue weighted by atomic mass is 35.5. The molecule has 7 heteroatoms. The maximum Gasteiger partial charge on any atom is 0.289 e. The summed E-state index contributed by atoms with van der Waals surface area (Å²) in [4.78, 5) is 13.9. The van der Waals surface area contributed by atoms with Crippen LogP contribution in [0, 0.1) is 0 Å². The van der Waals surface area contributed by atoms with Gasteiger partial charge in [0.05, 0.1) is 11.6 Å². The van der Waals surface area contributed by atoms with Crippen molar-refractivity contribution < 1.29 is 13.6 Å². The van der Waals surface area contributed by atoms with Crippen LogP contribution in [0.2, 0.25) is 5.02 Å². The monoisotopic (exact) mass is 345 g/mol. The molecule has 0 fully saturated rings. The van der Waals surface area contributed by atoms with Crippen molar-refractivity contribution in [3.8, 4) is 11.3 Å². The minimum absolute atomic E-state index is 0.216. The Bertz CT molecular complexity index is 856. The van der Waals surface area contributed by atoms with Crippen LogP contribution in [0.5, 0.6) is 0 Å². The van der Waals surface area contributed by atoms with Crippen LogP contribution in [0.4, 0.5) is 0 Å². The Kier molecular flexibility index (Phi) is 4.66. The SMILES string of the molecule is CCc1nnc(CN(C)C(=O)c2ccc(-c3ccccc3Cl)o2)o1. The number of benzene rings is 1. The second kappa shape index (κ2) is 6.88. The molecular formula is C17H16ClN3O3. The predicted molar refractivity (Wildman–Crippen MR) is 88.6 cm³/mol. The first-order valence-corrected chi connectivity index (χ1v) is 7.87. The lowest BCUT2D eigenvalue weighted by Crippen LogP contribution is -2.25. The van der Waals surface area contributed by atoms with Gasteiger partial charge in [-0.15, -0.1) is 10.2 Å². The first-order valence-electron chi connectivity index (χ1n) is 7.50. The molecular weight excluding hydrogens is 330 g/mol. The van der Waals surface area contributed by atoms with Gasteiger partial charge in [-0.1, -0.05) is 30.7 Å². The molecule has 0 bridgehead atoms. The fraction of sp³-hybridized carbons (Fsp3) is 0.235. The molecule has 124 valence electrons. The third-order valence-corrected chi connectivity index (χ3v) is 3.82. The van der Waals surface area contributed by atoms with E-state index in [1.807, 2.05) is 25.1 Å². The standard InChI is InChI=1S/C17H16ClN3O3/c1-3-15-19-20-16(24-15)10-21(2)17(22)14-9-8-13(23-14)11-6-4-5-7-12(11)18/h4-9H,3,10H2,1-2H3. The zero-order valence-corrected chi connectivity index (χ0v) is 14.1. The van der Waals surface area contributed by atoms with Crippen molar-refractivity contribution in [1.82, 2.24) is 15.1 Å². The summed E-state index contributed by atoms with van der Waals surface area (Å²) in [6, 6.07) is 10.7. The van der Waals surface area contributed by atoms with E-state index in [2.05, 4.69) is 10.2 Å². The van der Waals surface area contributed by atoms with Gasteiger partial charge in [0.25, 0.3) is 5.91 Å². The van der Waals surface area contributed by atoms with Gasteiger partial charge >= 0.3 is 0 Å². The van der Waals surface area contributed by atoms with Crippen LogP contribution in [0.15, 0.2) is 45.2 Å². The van der Waals surface area contributed by atoms with E-state index < -0.39 is 0 Å². The van der Waals surface area contributed by atoms with Gasteiger partial charge in [0.2, 0.25) is 11.8 Å². The molecule has 1 amide bonds. The van der Waals surface area contributed by atoms with E-state index >= 15 is 0 Å². The summed E-state index contributed by atoms with van der Waals surface area (Å²) in [7, 11) is 1.65. The highest BCUT2D eigenvalue weighted by Crippen LogP contribution is 2.29. The molecule has 2 aromatic heterocycles. The van der Waals surface area contributed by atoms with Crippen molar-refractivity contribution in [2.45, 2.75) is 19.9 Å². The van der Waals surface area contributed by atoms with Crippen molar-refractivity contribution in [2.75, 3.05) is 7.05 Å². The summed E-state index contributed by atoms with van der Waals surface area (Å²) in [6.07, 6.45) is 0.657. The molecule has 3 aromatic rings. The first kappa shape index (κ1) is 16.3.